The van der Waals surface area contributed by atoms with Crippen LogP contribution in [0.5, 0.6) is 5.75 Å². The molecule has 0 aliphatic carbocycles. The molecule has 8 heteroatoms. The number of likely N-dealkylation sites (tertiary alicyclic amines) is 1. The molecule has 142 valence electrons. The summed E-state index contributed by atoms with van der Waals surface area (Å²) in [7, 11) is 3.17. The predicted octanol–water partition coefficient (Wildman–Crippen LogP) is -1.13. The number of benzene rings is 1. The Morgan fingerprint density at radius 2 is 2.00 bits per heavy atom. The Hall–Kier alpha value is -2.61. The molecule has 1 fully saturated rings. The van der Waals surface area contributed by atoms with Gasteiger partial charge in [-0.1, -0.05) is 6.07 Å². The molecule has 0 spiro atoms. The molecular weight excluding hydrogens is 336 g/mol. The van der Waals surface area contributed by atoms with Gasteiger partial charge in [0.05, 0.1) is 26.7 Å². The second-order valence-corrected chi connectivity index (χ2v) is 6.63. The number of hydrogen-bond acceptors (Lipinski definition) is 4. The van der Waals surface area contributed by atoms with Crippen molar-refractivity contribution < 1.29 is 24.0 Å². The zero-order chi connectivity index (χ0) is 19.1. The van der Waals surface area contributed by atoms with Crippen molar-refractivity contribution in [3.05, 3.63) is 24.3 Å². The number of carbonyl (C=O) groups excluding carboxylic acids is 3. The lowest BCUT2D eigenvalue weighted by Gasteiger charge is -2.28. The molecule has 3 amide bonds. The highest BCUT2D eigenvalue weighted by Gasteiger charge is 2.28. The lowest BCUT2D eigenvalue weighted by atomic mass is 9.96. The average Bonchev–Trinajstić information content (AvgIpc) is 2.62. The number of anilines is 1. The molecule has 0 aromatic heterocycles. The van der Waals surface area contributed by atoms with E-state index in [2.05, 4.69) is 5.32 Å². The number of methoxy groups -OCH3 is 1. The van der Waals surface area contributed by atoms with Crippen molar-refractivity contribution in [3.63, 3.8) is 0 Å². The minimum atomic E-state index is -0.267. The fourth-order valence-electron chi connectivity index (χ4n) is 3.04. The summed E-state index contributed by atoms with van der Waals surface area (Å²) >= 11 is 0. The number of nitrogens with one attached hydrogen (secondary N) is 2. The fourth-order valence-corrected chi connectivity index (χ4v) is 3.04. The molecule has 1 aliphatic heterocycles. The first-order chi connectivity index (χ1) is 12.4. The molecule has 0 unspecified atom stereocenters. The van der Waals surface area contributed by atoms with Crippen LogP contribution in [0.3, 0.4) is 0 Å². The van der Waals surface area contributed by atoms with Crippen molar-refractivity contribution in [2.75, 3.05) is 45.7 Å². The SMILES string of the molecule is COc1cccc(NC(=O)CN(C)C(=O)C[NH+]2CCC(C(N)=O)CC2)c1. The van der Waals surface area contributed by atoms with Crippen molar-refractivity contribution >= 4 is 23.4 Å². The van der Waals surface area contributed by atoms with Gasteiger partial charge in [0.15, 0.2) is 6.54 Å². The van der Waals surface area contributed by atoms with Gasteiger partial charge in [0.25, 0.3) is 5.91 Å². The minimum Gasteiger partial charge on any atom is -0.497 e. The molecule has 2 rings (SSSR count). The maximum Gasteiger partial charge on any atom is 0.277 e. The molecule has 26 heavy (non-hydrogen) atoms. The first-order valence-corrected chi connectivity index (χ1v) is 8.69. The highest BCUT2D eigenvalue weighted by atomic mass is 16.5. The van der Waals surface area contributed by atoms with Gasteiger partial charge < -0.3 is 25.6 Å². The van der Waals surface area contributed by atoms with E-state index in [1.165, 1.54) is 4.90 Å². The molecule has 1 saturated heterocycles. The van der Waals surface area contributed by atoms with E-state index in [9.17, 15) is 14.4 Å². The topological polar surface area (TPSA) is 106 Å². The Labute approximate surface area is 153 Å². The van der Waals surface area contributed by atoms with Gasteiger partial charge in [0.1, 0.15) is 5.75 Å². The van der Waals surface area contributed by atoms with Gasteiger partial charge in [-0.05, 0) is 12.1 Å². The van der Waals surface area contributed by atoms with E-state index in [0.717, 1.165) is 18.0 Å². The second-order valence-electron chi connectivity index (χ2n) is 6.63. The van der Waals surface area contributed by atoms with Crippen LogP contribution in [0.25, 0.3) is 0 Å². The summed E-state index contributed by atoms with van der Waals surface area (Å²) in [6.07, 6.45) is 1.41. The Balaban J connectivity index is 1.77. The van der Waals surface area contributed by atoms with Gasteiger partial charge in [-0.25, -0.2) is 0 Å². The van der Waals surface area contributed by atoms with Crippen LogP contribution in [-0.4, -0.2) is 63.0 Å². The van der Waals surface area contributed by atoms with E-state index in [0.29, 0.717) is 30.8 Å². The molecule has 0 atom stereocenters. The first kappa shape index (κ1) is 19.7. The fraction of sp³-hybridized carbons (Fsp3) is 0.500. The summed E-state index contributed by atoms with van der Waals surface area (Å²) < 4.78 is 5.12. The van der Waals surface area contributed by atoms with E-state index >= 15 is 0 Å². The zero-order valence-electron chi connectivity index (χ0n) is 15.3. The molecule has 0 bridgehead atoms. The second kappa shape index (κ2) is 9.19. The third-order valence-electron chi connectivity index (χ3n) is 4.66. The Morgan fingerprint density at radius 1 is 1.31 bits per heavy atom. The third kappa shape index (κ3) is 5.73. The van der Waals surface area contributed by atoms with Crippen LogP contribution in [0.2, 0.25) is 0 Å². The number of nitrogens with two attached hydrogens (primary N) is 1. The Kier molecular flexibility index (Phi) is 6.97. The summed E-state index contributed by atoms with van der Waals surface area (Å²) in [5.41, 5.74) is 5.94. The molecule has 8 nitrogen and oxygen atoms in total. The quantitative estimate of drug-likeness (QED) is 0.570. The third-order valence-corrected chi connectivity index (χ3v) is 4.66. The average molecular weight is 363 g/mol. The summed E-state index contributed by atoms with van der Waals surface area (Å²) in [4.78, 5) is 38.2. The normalized spacial score (nSPS) is 19.5. The van der Waals surface area contributed by atoms with Crippen molar-refractivity contribution in [3.8, 4) is 5.75 Å². The van der Waals surface area contributed by atoms with Crippen LogP contribution >= 0.6 is 0 Å². The van der Waals surface area contributed by atoms with Crippen LogP contribution in [-0.2, 0) is 14.4 Å². The van der Waals surface area contributed by atoms with Crippen LogP contribution in [0.1, 0.15) is 12.8 Å². The summed E-state index contributed by atoms with van der Waals surface area (Å²) in [5.74, 6) is -0.0630. The first-order valence-electron chi connectivity index (χ1n) is 8.69. The maximum absolute atomic E-state index is 12.3. The number of quaternary nitrogens is 1. The summed E-state index contributed by atoms with van der Waals surface area (Å²) in [6.45, 7) is 1.77. The number of hydrogen-bond donors (Lipinski definition) is 3. The lowest BCUT2D eigenvalue weighted by Crippen LogP contribution is -3.14. The molecular formula is C18H27N4O4+. The Bertz CT molecular complexity index is 656. The van der Waals surface area contributed by atoms with Crippen molar-refractivity contribution in [1.82, 2.24) is 4.90 Å². The largest absolute Gasteiger partial charge is 0.497 e. The number of primary amides is 1. The molecule has 0 saturated carbocycles. The van der Waals surface area contributed by atoms with E-state index in [-0.39, 0.29) is 30.2 Å². The number of carbonyl (C=O) groups is 3. The molecule has 1 heterocycles. The van der Waals surface area contributed by atoms with Crippen molar-refractivity contribution in [2.45, 2.75) is 12.8 Å². The highest BCUT2D eigenvalue weighted by molar-refractivity contribution is 5.94. The van der Waals surface area contributed by atoms with Crippen LogP contribution < -0.4 is 20.7 Å². The smallest absolute Gasteiger partial charge is 0.277 e. The van der Waals surface area contributed by atoms with Crippen LogP contribution in [0, 0.1) is 5.92 Å². The number of piperidine rings is 1. The highest BCUT2D eigenvalue weighted by Crippen LogP contribution is 2.16. The van der Waals surface area contributed by atoms with Gasteiger partial charge in [-0.3, -0.25) is 14.4 Å². The van der Waals surface area contributed by atoms with Gasteiger partial charge in [0.2, 0.25) is 11.8 Å². The van der Waals surface area contributed by atoms with Gasteiger partial charge in [-0.15, -0.1) is 0 Å². The van der Waals surface area contributed by atoms with Gasteiger partial charge >= 0.3 is 0 Å². The number of rotatable bonds is 7. The summed E-state index contributed by atoms with van der Waals surface area (Å²) in [6, 6.07) is 7.04. The minimum absolute atomic E-state index is 0.0206. The summed E-state index contributed by atoms with van der Waals surface area (Å²) in [5, 5.41) is 2.75. The Morgan fingerprint density at radius 3 is 2.62 bits per heavy atom. The predicted molar refractivity (Wildman–Crippen MR) is 96.7 cm³/mol. The van der Waals surface area contributed by atoms with E-state index in [1.807, 2.05) is 0 Å². The maximum atomic E-state index is 12.3. The van der Waals surface area contributed by atoms with Gasteiger partial charge in [0, 0.05) is 37.6 Å². The molecule has 0 radical (unpaired) electrons. The van der Waals surface area contributed by atoms with E-state index in [4.69, 9.17) is 10.5 Å². The molecule has 1 aliphatic rings. The number of likely N-dealkylation sites (N-methyl/N-ethyl adjacent to an activating group) is 1. The van der Waals surface area contributed by atoms with E-state index < -0.39 is 0 Å². The number of nitrogens with zero attached hydrogens (tertiary/aromatic N) is 1. The van der Waals surface area contributed by atoms with Gasteiger partial charge in [-0.2, -0.15) is 0 Å². The lowest BCUT2D eigenvalue weighted by molar-refractivity contribution is -0.898. The van der Waals surface area contributed by atoms with E-state index in [1.54, 1.807) is 38.4 Å². The zero-order valence-corrected chi connectivity index (χ0v) is 15.3. The molecule has 1 aromatic rings. The standard InChI is InChI=1S/C18H26N4O4/c1-21(11-16(23)20-14-4-3-5-15(10-14)26-2)17(24)12-22-8-6-13(7-9-22)18(19)25/h3-5,10,13H,6-9,11-12H2,1-2H3,(H2,19,25)(H,20,23)/p+1. The monoisotopic (exact) mass is 363 g/mol. The number of ether oxygens (including phenoxy) is 1. The van der Waals surface area contributed by atoms with Crippen molar-refractivity contribution in [2.24, 2.45) is 11.7 Å². The van der Waals surface area contributed by atoms with Crippen LogP contribution in [0.4, 0.5) is 5.69 Å². The van der Waals surface area contributed by atoms with Crippen LogP contribution in [0.15, 0.2) is 24.3 Å². The molecule has 1 aromatic carbocycles. The molecule has 4 N–H and O–H groups in total. The van der Waals surface area contributed by atoms with Crippen molar-refractivity contribution in [1.29, 1.82) is 0 Å². The number of amides is 3.